The van der Waals surface area contributed by atoms with Crippen LogP contribution in [-0.4, -0.2) is 53.3 Å². The predicted molar refractivity (Wildman–Crippen MR) is 114 cm³/mol. The summed E-state index contributed by atoms with van der Waals surface area (Å²) < 4.78 is 30.0. The van der Waals surface area contributed by atoms with E-state index >= 15 is 0 Å². The third-order valence-electron chi connectivity index (χ3n) is 4.81. The van der Waals surface area contributed by atoms with Crippen molar-refractivity contribution in [3.63, 3.8) is 0 Å². The highest BCUT2D eigenvalue weighted by atomic mass is 31.2. The van der Waals surface area contributed by atoms with E-state index in [2.05, 4.69) is 15.0 Å². The lowest BCUT2D eigenvalue weighted by atomic mass is 10.1. The molecule has 1 aliphatic heterocycles. The van der Waals surface area contributed by atoms with Crippen molar-refractivity contribution in [1.29, 1.82) is 0 Å². The smallest absolute Gasteiger partial charge is 0.280 e. The average molecular weight is 449 g/mol. The van der Waals surface area contributed by atoms with Crippen molar-refractivity contribution >= 4 is 25.5 Å². The van der Waals surface area contributed by atoms with Crippen LogP contribution in [0.25, 0.3) is 11.2 Å². The second kappa shape index (κ2) is 9.61. The van der Waals surface area contributed by atoms with Gasteiger partial charge in [0.25, 0.3) is 5.56 Å². The second-order valence-corrected chi connectivity index (χ2v) is 8.15. The number of nitrogens with zero attached hydrogens (tertiary/aromatic N) is 3. The van der Waals surface area contributed by atoms with E-state index in [0.29, 0.717) is 43.3 Å². The van der Waals surface area contributed by atoms with Crippen molar-refractivity contribution in [2.75, 3.05) is 39.5 Å². The Bertz CT molecular complexity index is 1100. The molecule has 0 aliphatic carbocycles. The first kappa shape index (κ1) is 21.5. The van der Waals surface area contributed by atoms with Gasteiger partial charge in [0.1, 0.15) is 6.35 Å². The fourth-order valence-electron chi connectivity index (χ4n) is 3.27. The van der Waals surface area contributed by atoms with Crippen molar-refractivity contribution < 1.29 is 23.3 Å². The molecule has 0 radical (unpaired) electrons. The van der Waals surface area contributed by atoms with Crippen LogP contribution in [0.1, 0.15) is 18.1 Å². The predicted octanol–water partition coefficient (Wildman–Crippen LogP) is 2.18. The first-order chi connectivity index (χ1) is 15.1. The maximum atomic E-state index is 11.8. The zero-order valence-corrected chi connectivity index (χ0v) is 18.1. The van der Waals surface area contributed by atoms with Gasteiger partial charge >= 0.3 is 0 Å². The Morgan fingerprint density at radius 2 is 2.16 bits per heavy atom. The Kier molecular flexibility index (Phi) is 6.67. The van der Waals surface area contributed by atoms with Gasteiger partial charge in [-0.2, -0.15) is 4.98 Å². The molecule has 11 nitrogen and oxygen atoms in total. The molecular formula is C19H24N5O6P. The summed E-state index contributed by atoms with van der Waals surface area (Å²) in [7, 11) is 2.03. The number of nitrogens with one attached hydrogen (secondary N) is 1. The van der Waals surface area contributed by atoms with Crippen molar-refractivity contribution in [1.82, 2.24) is 19.5 Å². The van der Waals surface area contributed by atoms with Gasteiger partial charge in [0, 0.05) is 13.0 Å². The fraction of sp³-hybridized carbons (Fsp3) is 0.421. The minimum Gasteiger partial charge on any atom is -0.493 e. The normalized spacial score (nSPS) is 18.9. The van der Waals surface area contributed by atoms with Crippen LogP contribution in [0, 0.1) is 0 Å². The summed E-state index contributed by atoms with van der Waals surface area (Å²) in [5.41, 5.74) is 6.93. The van der Waals surface area contributed by atoms with E-state index in [1.165, 1.54) is 0 Å². The van der Waals surface area contributed by atoms with E-state index in [-0.39, 0.29) is 23.1 Å². The number of H-pyrrole nitrogens is 1. The summed E-state index contributed by atoms with van der Waals surface area (Å²) in [6, 6.07) is 5.76. The molecule has 3 N–H and O–H groups in total. The number of methoxy groups -OCH3 is 2. The van der Waals surface area contributed by atoms with Crippen LogP contribution in [0.5, 0.6) is 11.5 Å². The zero-order chi connectivity index (χ0) is 21.8. The van der Waals surface area contributed by atoms with Gasteiger partial charge in [0.05, 0.1) is 39.9 Å². The molecule has 1 fully saturated rings. The lowest BCUT2D eigenvalue weighted by molar-refractivity contribution is 0.0818. The van der Waals surface area contributed by atoms with Gasteiger partial charge in [-0.25, -0.2) is 4.98 Å². The number of hydrogen-bond donors (Lipinski definition) is 2. The first-order valence-electron chi connectivity index (χ1n) is 9.66. The second-order valence-electron chi connectivity index (χ2n) is 6.76. The van der Waals surface area contributed by atoms with Crippen LogP contribution in [0.4, 0.5) is 5.95 Å². The van der Waals surface area contributed by atoms with Gasteiger partial charge in [-0.05, 0) is 17.7 Å². The van der Waals surface area contributed by atoms with E-state index < -0.39 is 8.38 Å². The van der Waals surface area contributed by atoms with E-state index in [9.17, 15) is 4.79 Å². The Labute approximate surface area is 179 Å². The molecule has 0 saturated carbocycles. The van der Waals surface area contributed by atoms with E-state index in [1.54, 1.807) is 25.1 Å². The first-order valence-corrected chi connectivity index (χ1v) is 11.0. The summed E-state index contributed by atoms with van der Waals surface area (Å²) in [6.07, 6.45) is 2.53. The number of rotatable bonds is 8. The lowest BCUT2D eigenvalue weighted by Gasteiger charge is -2.29. The lowest BCUT2D eigenvalue weighted by Crippen LogP contribution is -2.15. The van der Waals surface area contributed by atoms with Crippen molar-refractivity contribution in [2.45, 2.75) is 19.1 Å². The van der Waals surface area contributed by atoms with Crippen LogP contribution in [-0.2, 0) is 20.3 Å². The third kappa shape index (κ3) is 4.80. The van der Waals surface area contributed by atoms with Gasteiger partial charge < -0.3 is 33.6 Å². The van der Waals surface area contributed by atoms with Crippen LogP contribution in [0.2, 0.25) is 0 Å². The Hall–Kier alpha value is -2.72. The highest BCUT2D eigenvalue weighted by Gasteiger charge is 2.26. The molecule has 1 aliphatic rings. The number of benzene rings is 1. The molecule has 3 heterocycles. The van der Waals surface area contributed by atoms with Gasteiger partial charge in [-0.1, -0.05) is 6.07 Å². The van der Waals surface area contributed by atoms with Crippen molar-refractivity contribution in [3.8, 4) is 11.5 Å². The number of aromatic amines is 1. The Balaban J connectivity index is 1.31. The summed E-state index contributed by atoms with van der Waals surface area (Å²) in [6.45, 7) is 1.44. The molecular weight excluding hydrogens is 425 g/mol. The number of fused-ring (bicyclic) bond motifs is 1. The maximum absolute atomic E-state index is 11.8. The number of imidazole rings is 1. The molecule has 1 saturated heterocycles. The molecule has 31 heavy (non-hydrogen) atoms. The van der Waals surface area contributed by atoms with Gasteiger partial charge in [-0.3, -0.25) is 9.78 Å². The Morgan fingerprint density at radius 3 is 2.97 bits per heavy atom. The average Bonchev–Trinajstić information content (AvgIpc) is 3.19. The summed E-state index contributed by atoms with van der Waals surface area (Å²) in [5.74, 6) is 1.39. The van der Waals surface area contributed by atoms with Crippen molar-refractivity contribution in [2.24, 2.45) is 0 Å². The number of nitrogen functional groups attached to an aromatic ring is 1. The number of ether oxygens (including phenoxy) is 3. The fourth-order valence-corrected chi connectivity index (χ4v) is 4.57. The van der Waals surface area contributed by atoms with E-state index in [4.69, 9.17) is 29.0 Å². The molecule has 2 atom stereocenters. The molecule has 3 aromatic rings. The monoisotopic (exact) mass is 449 g/mol. The van der Waals surface area contributed by atoms with Crippen LogP contribution >= 0.6 is 8.38 Å². The van der Waals surface area contributed by atoms with Gasteiger partial charge in [0.2, 0.25) is 5.95 Å². The van der Waals surface area contributed by atoms with Gasteiger partial charge in [0.15, 0.2) is 31.0 Å². The topological polar surface area (TPSA) is 136 Å². The largest absolute Gasteiger partial charge is 0.493 e. The number of hydrogen-bond acceptors (Lipinski definition) is 9. The summed E-state index contributed by atoms with van der Waals surface area (Å²) >= 11 is 0. The Morgan fingerprint density at radius 1 is 1.32 bits per heavy atom. The SMILES string of the molecule is COc1ccc(C2CCOP(COCCn3cnc4c(=O)[nH]c(N)nc43)O2)cc1OC. The molecule has 0 bridgehead atoms. The molecule has 2 unspecified atom stereocenters. The summed E-state index contributed by atoms with van der Waals surface area (Å²) in [5, 5.41) is 0. The molecule has 4 rings (SSSR count). The maximum Gasteiger partial charge on any atom is 0.280 e. The number of aromatic nitrogens is 4. The standard InChI is InChI=1S/C19H24N5O6P/c1-26-14-4-3-12(9-15(14)27-2)13-5-7-29-31(30-13)11-28-8-6-24-10-21-16-17(24)22-19(20)23-18(16)25/h3-4,9-10,13H,5-8,11H2,1-2H3,(H3,20,22,23,25). The molecule has 2 aromatic heterocycles. The zero-order valence-electron chi connectivity index (χ0n) is 17.2. The quantitative estimate of drug-likeness (QED) is 0.392. The van der Waals surface area contributed by atoms with Crippen LogP contribution in [0.15, 0.2) is 29.3 Å². The van der Waals surface area contributed by atoms with E-state index in [0.717, 1.165) is 12.0 Å². The summed E-state index contributed by atoms with van der Waals surface area (Å²) in [4.78, 5) is 22.5. The van der Waals surface area contributed by atoms with Crippen LogP contribution < -0.4 is 20.8 Å². The van der Waals surface area contributed by atoms with Gasteiger partial charge in [-0.15, -0.1) is 0 Å². The molecule has 12 heteroatoms. The molecule has 0 spiro atoms. The van der Waals surface area contributed by atoms with Crippen molar-refractivity contribution in [3.05, 3.63) is 40.4 Å². The van der Waals surface area contributed by atoms with Crippen LogP contribution in [0.3, 0.4) is 0 Å². The molecule has 1 aromatic carbocycles. The third-order valence-corrected chi connectivity index (χ3v) is 6.16. The minimum atomic E-state index is -1.18. The number of anilines is 1. The molecule has 166 valence electrons. The minimum absolute atomic E-state index is 0.0498. The highest BCUT2D eigenvalue weighted by molar-refractivity contribution is 7.47. The highest BCUT2D eigenvalue weighted by Crippen LogP contribution is 2.49. The van der Waals surface area contributed by atoms with E-state index in [1.807, 2.05) is 18.2 Å². The molecule has 0 amide bonds. The number of nitrogens with two attached hydrogens (primary N) is 1.